The van der Waals surface area contributed by atoms with Crippen LogP contribution in [-0.2, 0) is 0 Å². The molecule has 0 heterocycles. The number of rotatable bonds is 4. The van der Waals surface area contributed by atoms with Gasteiger partial charge in [-0.2, -0.15) is 0 Å². The molecular formula is C11H16N. The summed E-state index contributed by atoms with van der Waals surface area (Å²) in [6, 6.07) is 10.4. The topological polar surface area (TPSA) is 3.24 Å². The molecule has 1 aromatic rings. The Balaban J connectivity index is 2.48. The Bertz CT molecular complexity index is 206. The number of nitrogens with zero attached hydrogens (tertiary/aromatic N) is 1. The summed E-state index contributed by atoms with van der Waals surface area (Å²) >= 11 is 0. The maximum absolute atomic E-state index is 3.82. The summed E-state index contributed by atoms with van der Waals surface area (Å²) in [5, 5.41) is 0. The van der Waals surface area contributed by atoms with E-state index in [1.54, 1.807) is 0 Å². The molecular weight excluding hydrogens is 146 g/mol. The average Bonchev–Trinajstić information content (AvgIpc) is 2.15. The third-order valence-corrected chi connectivity index (χ3v) is 1.94. The lowest BCUT2D eigenvalue weighted by atomic mass is 10.2. The van der Waals surface area contributed by atoms with E-state index in [2.05, 4.69) is 43.1 Å². The van der Waals surface area contributed by atoms with Crippen LogP contribution in [0.15, 0.2) is 30.3 Å². The maximum Gasteiger partial charge on any atom is 0.0363 e. The van der Waals surface area contributed by atoms with Gasteiger partial charge in [0.15, 0.2) is 0 Å². The molecule has 0 bridgehead atoms. The highest BCUT2D eigenvalue weighted by Crippen LogP contribution is 2.10. The van der Waals surface area contributed by atoms with Crippen LogP contribution >= 0.6 is 0 Å². The van der Waals surface area contributed by atoms with Crippen LogP contribution in [0.4, 0.5) is 5.69 Å². The van der Waals surface area contributed by atoms with E-state index in [4.69, 9.17) is 0 Å². The second-order valence-electron chi connectivity index (χ2n) is 2.96. The van der Waals surface area contributed by atoms with Gasteiger partial charge in [-0.25, -0.2) is 0 Å². The highest BCUT2D eigenvalue weighted by molar-refractivity contribution is 5.44. The molecule has 12 heavy (non-hydrogen) atoms. The molecule has 0 aromatic heterocycles. The third-order valence-electron chi connectivity index (χ3n) is 1.94. The average molecular weight is 162 g/mol. The van der Waals surface area contributed by atoms with Gasteiger partial charge in [0.1, 0.15) is 0 Å². The van der Waals surface area contributed by atoms with Crippen molar-refractivity contribution < 1.29 is 0 Å². The molecule has 0 aliphatic heterocycles. The van der Waals surface area contributed by atoms with Crippen LogP contribution in [0, 0.1) is 6.92 Å². The molecule has 1 aromatic carbocycles. The van der Waals surface area contributed by atoms with Crippen molar-refractivity contribution >= 4 is 5.69 Å². The molecule has 0 saturated heterocycles. The summed E-state index contributed by atoms with van der Waals surface area (Å²) in [4.78, 5) is 2.26. The normalized spacial score (nSPS) is 9.83. The van der Waals surface area contributed by atoms with Crippen molar-refractivity contribution in [3.63, 3.8) is 0 Å². The zero-order chi connectivity index (χ0) is 8.81. The summed E-state index contributed by atoms with van der Waals surface area (Å²) in [7, 11) is 2.12. The minimum absolute atomic E-state index is 1.01. The highest BCUT2D eigenvalue weighted by Gasteiger charge is 1.96. The molecule has 65 valence electrons. The number of hydrogen-bond acceptors (Lipinski definition) is 1. The number of anilines is 1. The highest BCUT2D eigenvalue weighted by atomic mass is 15.1. The zero-order valence-electron chi connectivity index (χ0n) is 7.66. The van der Waals surface area contributed by atoms with Crippen molar-refractivity contribution in [1.82, 2.24) is 0 Å². The summed E-state index contributed by atoms with van der Waals surface area (Å²) in [6.07, 6.45) is 2.17. The number of para-hydroxylation sites is 1. The lowest BCUT2D eigenvalue weighted by Gasteiger charge is -2.18. The minimum Gasteiger partial charge on any atom is -0.375 e. The molecule has 0 aliphatic rings. The van der Waals surface area contributed by atoms with Crippen molar-refractivity contribution in [2.45, 2.75) is 12.8 Å². The van der Waals surface area contributed by atoms with Crippen LogP contribution in [0.5, 0.6) is 0 Å². The third kappa shape index (κ3) is 2.57. The Morgan fingerprint density at radius 2 is 1.92 bits per heavy atom. The molecule has 0 N–H and O–H groups in total. The predicted octanol–water partition coefficient (Wildman–Crippen LogP) is 2.74. The maximum atomic E-state index is 3.82. The van der Waals surface area contributed by atoms with Gasteiger partial charge in [-0.1, -0.05) is 31.5 Å². The molecule has 0 aliphatic carbocycles. The minimum atomic E-state index is 1.01. The molecule has 0 spiro atoms. The first-order valence-electron chi connectivity index (χ1n) is 4.40. The second kappa shape index (κ2) is 4.81. The first-order chi connectivity index (χ1) is 5.84. The van der Waals surface area contributed by atoms with E-state index in [9.17, 15) is 0 Å². The van der Waals surface area contributed by atoms with Gasteiger partial charge in [0.05, 0.1) is 0 Å². The van der Waals surface area contributed by atoms with Gasteiger partial charge in [0.25, 0.3) is 0 Å². The van der Waals surface area contributed by atoms with Crippen molar-refractivity contribution in [2.24, 2.45) is 0 Å². The molecule has 1 nitrogen and oxygen atoms in total. The monoisotopic (exact) mass is 162 g/mol. The molecule has 0 atom stereocenters. The fourth-order valence-corrected chi connectivity index (χ4v) is 1.16. The van der Waals surface area contributed by atoms with E-state index < -0.39 is 0 Å². The Labute approximate surface area is 75.0 Å². The van der Waals surface area contributed by atoms with Gasteiger partial charge < -0.3 is 4.90 Å². The molecule has 0 fully saturated rings. The smallest absolute Gasteiger partial charge is 0.0363 e. The molecule has 1 heteroatoms. The first-order valence-corrected chi connectivity index (χ1v) is 4.40. The standard InChI is InChI=1S/C11H16N/c1-3-4-10-12(2)11-8-6-5-7-9-11/h5-9H,1,3-4,10H2,2H3. The van der Waals surface area contributed by atoms with Gasteiger partial charge in [-0.15, -0.1) is 0 Å². The van der Waals surface area contributed by atoms with Crippen molar-refractivity contribution in [3.05, 3.63) is 37.3 Å². The second-order valence-corrected chi connectivity index (χ2v) is 2.96. The van der Waals surface area contributed by atoms with Gasteiger partial charge in [0, 0.05) is 19.3 Å². The Morgan fingerprint density at radius 3 is 2.50 bits per heavy atom. The van der Waals surface area contributed by atoms with Gasteiger partial charge in [0.2, 0.25) is 0 Å². The Hall–Kier alpha value is -0.980. The van der Waals surface area contributed by atoms with E-state index in [-0.39, 0.29) is 0 Å². The largest absolute Gasteiger partial charge is 0.375 e. The number of benzene rings is 1. The van der Waals surface area contributed by atoms with Gasteiger partial charge in [-0.05, 0) is 18.6 Å². The molecule has 0 saturated carbocycles. The van der Waals surface area contributed by atoms with Crippen molar-refractivity contribution in [2.75, 3.05) is 18.5 Å². The molecule has 0 unspecified atom stereocenters. The van der Waals surface area contributed by atoms with E-state index in [1.807, 2.05) is 6.07 Å². The van der Waals surface area contributed by atoms with Crippen LogP contribution in [-0.4, -0.2) is 13.6 Å². The Morgan fingerprint density at radius 1 is 1.25 bits per heavy atom. The van der Waals surface area contributed by atoms with Crippen molar-refractivity contribution in [3.8, 4) is 0 Å². The van der Waals surface area contributed by atoms with E-state index in [0.29, 0.717) is 0 Å². The molecule has 0 amide bonds. The van der Waals surface area contributed by atoms with Crippen molar-refractivity contribution in [1.29, 1.82) is 0 Å². The summed E-state index contributed by atoms with van der Waals surface area (Å²) < 4.78 is 0. The Kier molecular flexibility index (Phi) is 3.65. The quantitative estimate of drug-likeness (QED) is 0.658. The summed E-state index contributed by atoms with van der Waals surface area (Å²) in [5.41, 5.74) is 1.28. The fraction of sp³-hybridized carbons (Fsp3) is 0.364. The number of unbranched alkanes of at least 4 members (excludes halogenated alkanes) is 1. The molecule has 1 rings (SSSR count). The predicted molar refractivity (Wildman–Crippen MR) is 54.3 cm³/mol. The van der Waals surface area contributed by atoms with Crippen LogP contribution in [0.3, 0.4) is 0 Å². The zero-order valence-corrected chi connectivity index (χ0v) is 7.66. The van der Waals surface area contributed by atoms with Gasteiger partial charge >= 0.3 is 0 Å². The first kappa shape index (κ1) is 9.11. The van der Waals surface area contributed by atoms with Crippen LogP contribution in [0.2, 0.25) is 0 Å². The number of hydrogen-bond donors (Lipinski definition) is 0. The van der Waals surface area contributed by atoms with E-state index >= 15 is 0 Å². The summed E-state index contributed by atoms with van der Waals surface area (Å²) in [5.74, 6) is 0. The van der Waals surface area contributed by atoms with Crippen LogP contribution < -0.4 is 4.90 Å². The lowest BCUT2D eigenvalue weighted by molar-refractivity contribution is 0.800. The fourth-order valence-electron chi connectivity index (χ4n) is 1.16. The SMILES string of the molecule is [CH2]CCCN(C)c1ccccc1. The summed E-state index contributed by atoms with van der Waals surface area (Å²) in [6.45, 7) is 4.92. The van der Waals surface area contributed by atoms with Crippen LogP contribution in [0.1, 0.15) is 12.8 Å². The van der Waals surface area contributed by atoms with Crippen LogP contribution in [0.25, 0.3) is 0 Å². The van der Waals surface area contributed by atoms with Gasteiger partial charge in [-0.3, -0.25) is 0 Å². The van der Waals surface area contributed by atoms with E-state index in [0.717, 1.165) is 19.4 Å². The molecule has 1 radical (unpaired) electrons. The lowest BCUT2D eigenvalue weighted by Crippen LogP contribution is -2.17. The van der Waals surface area contributed by atoms with E-state index in [1.165, 1.54) is 5.69 Å².